The van der Waals surface area contributed by atoms with Crippen LogP contribution in [-0.2, 0) is 4.79 Å². The topological polar surface area (TPSA) is 64.1 Å². The van der Waals surface area contributed by atoms with Gasteiger partial charge in [0.2, 0.25) is 5.13 Å². The first kappa shape index (κ1) is 17.0. The Balaban J connectivity index is 1.66. The van der Waals surface area contributed by atoms with Crippen LogP contribution >= 0.6 is 11.3 Å². The third kappa shape index (κ3) is 4.39. The highest BCUT2D eigenvalue weighted by molar-refractivity contribution is 7.18. The van der Waals surface area contributed by atoms with Gasteiger partial charge in [0.15, 0.2) is 6.10 Å². The fourth-order valence-corrected chi connectivity index (χ4v) is 2.91. The Labute approximate surface area is 148 Å². The molecule has 2 aromatic carbocycles. The van der Waals surface area contributed by atoms with Crippen molar-refractivity contribution in [3.63, 3.8) is 0 Å². The van der Waals surface area contributed by atoms with E-state index in [4.69, 9.17) is 4.74 Å². The number of carbonyl (C=O) groups excluding carboxylic acids is 1. The fraction of sp³-hybridized carbons (Fsp3) is 0.167. The highest BCUT2D eigenvalue weighted by Gasteiger charge is 2.20. The van der Waals surface area contributed by atoms with Crippen molar-refractivity contribution >= 4 is 22.4 Å². The summed E-state index contributed by atoms with van der Waals surface area (Å²) in [5.41, 5.74) is 0.940. The van der Waals surface area contributed by atoms with Gasteiger partial charge in [-0.2, -0.15) is 0 Å². The molecule has 1 unspecified atom stereocenters. The monoisotopic (exact) mass is 357 g/mol. The third-order valence-corrected chi connectivity index (χ3v) is 4.32. The number of hydrogen-bond donors (Lipinski definition) is 1. The number of anilines is 1. The lowest BCUT2D eigenvalue weighted by molar-refractivity contribution is -0.122. The number of nitrogens with zero attached hydrogens (tertiary/aromatic N) is 2. The lowest BCUT2D eigenvalue weighted by Crippen LogP contribution is -2.32. The van der Waals surface area contributed by atoms with Crippen LogP contribution in [-0.4, -0.2) is 22.2 Å². The molecule has 0 aliphatic carbocycles. The standard InChI is InChI=1S/C18H16FN3O2S/c1-2-15(24-14-10-8-13(19)9-11-14)16(23)20-18-22-21-17(25-18)12-6-4-3-5-7-12/h3-11,15H,2H2,1H3,(H,20,22,23). The van der Waals surface area contributed by atoms with Crippen LogP contribution in [0.1, 0.15) is 13.3 Å². The lowest BCUT2D eigenvalue weighted by Gasteiger charge is -2.16. The molecule has 1 amide bonds. The lowest BCUT2D eigenvalue weighted by atomic mass is 10.2. The largest absolute Gasteiger partial charge is 0.481 e. The van der Waals surface area contributed by atoms with Gasteiger partial charge in [-0.05, 0) is 30.7 Å². The number of nitrogens with one attached hydrogen (secondary N) is 1. The van der Waals surface area contributed by atoms with Crippen LogP contribution in [0.5, 0.6) is 5.75 Å². The zero-order valence-corrected chi connectivity index (χ0v) is 14.3. The Bertz CT molecular complexity index is 837. The van der Waals surface area contributed by atoms with Crippen molar-refractivity contribution < 1.29 is 13.9 Å². The average molecular weight is 357 g/mol. The number of benzene rings is 2. The normalized spacial score (nSPS) is 11.8. The maximum atomic E-state index is 12.9. The maximum Gasteiger partial charge on any atom is 0.267 e. The van der Waals surface area contributed by atoms with Gasteiger partial charge >= 0.3 is 0 Å². The average Bonchev–Trinajstić information content (AvgIpc) is 3.10. The van der Waals surface area contributed by atoms with E-state index < -0.39 is 6.10 Å². The van der Waals surface area contributed by atoms with Crippen molar-refractivity contribution in [1.82, 2.24) is 10.2 Å². The molecule has 1 N–H and O–H groups in total. The smallest absolute Gasteiger partial charge is 0.267 e. The molecule has 7 heteroatoms. The second kappa shape index (κ2) is 7.85. The van der Waals surface area contributed by atoms with Gasteiger partial charge in [-0.1, -0.05) is 48.6 Å². The predicted octanol–water partition coefficient (Wildman–Crippen LogP) is 4.14. The molecule has 0 aliphatic heterocycles. The summed E-state index contributed by atoms with van der Waals surface area (Å²) in [6.45, 7) is 1.84. The summed E-state index contributed by atoms with van der Waals surface area (Å²) in [6, 6.07) is 15.2. The van der Waals surface area contributed by atoms with Crippen LogP contribution in [0, 0.1) is 5.82 Å². The Morgan fingerprint density at radius 1 is 1.16 bits per heavy atom. The zero-order chi connectivity index (χ0) is 17.6. The number of halogens is 1. The molecule has 0 fully saturated rings. The van der Waals surface area contributed by atoms with Crippen LogP contribution in [0.4, 0.5) is 9.52 Å². The van der Waals surface area contributed by atoms with Crippen LogP contribution in [0.2, 0.25) is 0 Å². The van der Waals surface area contributed by atoms with Crippen molar-refractivity contribution in [3.05, 3.63) is 60.4 Å². The highest BCUT2D eigenvalue weighted by Crippen LogP contribution is 2.26. The Morgan fingerprint density at radius 3 is 2.56 bits per heavy atom. The third-order valence-electron chi connectivity index (χ3n) is 3.43. The minimum atomic E-state index is -0.700. The van der Waals surface area contributed by atoms with Crippen LogP contribution < -0.4 is 10.1 Å². The van der Waals surface area contributed by atoms with E-state index in [1.807, 2.05) is 37.3 Å². The molecule has 0 aliphatic rings. The maximum absolute atomic E-state index is 12.9. The van der Waals surface area contributed by atoms with E-state index in [1.165, 1.54) is 35.6 Å². The van der Waals surface area contributed by atoms with Gasteiger partial charge in [0.05, 0.1) is 0 Å². The van der Waals surface area contributed by atoms with E-state index >= 15 is 0 Å². The van der Waals surface area contributed by atoms with E-state index in [1.54, 1.807) is 0 Å². The van der Waals surface area contributed by atoms with Crippen molar-refractivity contribution in [2.24, 2.45) is 0 Å². The minimum Gasteiger partial charge on any atom is -0.481 e. The van der Waals surface area contributed by atoms with E-state index in [-0.39, 0.29) is 11.7 Å². The summed E-state index contributed by atoms with van der Waals surface area (Å²) in [6.07, 6.45) is -0.234. The summed E-state index contributed by atoms with van der Waals surface area (Å²) < 4.78 is 18.6. The molecule has 1 aromatic heterocycles. The number of hydrogen-bond acceptors (Lipinski definition) is 5. The summed E-state index contributed by atoms with van der Waals surface area (Å²) in [5.74, 6) is -0.236. The van der Waals surface area contributed by atoms with Gasteiger partial charge in [0.25, 0.3) is 5.91 Å². The molecule has 1 atom stereocenters. The Kier molecular flexibility index (Phi) is 5.35. The molecule has 0 saturated carbocycles. The molecule has 0 radical (unpaired) electrons. The SMILES string of the molecule is CCC(Oc1ccc(F)cc1)C(=O)Nc1nnc(-c2ccccc2)s1. The molecule has 1 heterocycles. The summed E-state index contributed by atoms with van der Waals surface area (Å²) >= 11 is 1.29. The van der Waals surface area contributed by atoms with E-state index in [0.29, 0.717) is 17.3 Å². The van der Waals surface area contributed by atoms with Gasteiger partial charge in [0, 0.05) is 5.56 Å². The number of carbonyl (C=O) groups is 1. The second-order valence-electron chi connectivity index (χ2n) is 5.24. The number of ether oxygens (including phenoxy) is 1. The van der Waals surface area contributed by atoms with Crippen molar-refractivity contribution in [3.8, 4) is 16.3 Å². The van der Waals surface area contributed by atoms with Gasteiger partial charge in [0.1, 0.15) is 16.6 Å². The van der Waals surface area contributed by atoms with Gasteiger partial charge in [-0.3, -0.25) is 10.1 Å². The Morgan fingerprint density at radius 2 is 1.88 bits per heavy atom. The number of aromatic nitrogens is 2. The number of amides is 1. The molecule has 0 saturated heterocycles. The molecule has 3 rings (SSSR count). The molecule has 25 heavy (non-hydrogen) atoms. The molecule has 5 nitrogen and oxygen atoms in total. The molecular formula is C18H16FN3O2S. The zero-order valence-electron chi connectivity index (χ0n) is 13.5. The van der Waals surface area contributed by atoms with Crippen LogP contribution in [0.15, 0.2) is 54.6 Å². The predicted molar refractivity (Wildman–Crippen MR) is 95.1 cm³/mol. The van der Waals surface area contributed by atoms with Crippen LogP contribution in [0.3, 0.4) is 0 Å². The first-order valence-corrected chi connectivity index (χ1v) is 8.59. The summed E-state index contributed by atoms with van der Waals surface area (Å²) in [7, 11) is 0. The van der Waals surface area contributed by atoms with Gasteiger partial charge < -0.3 is 4.74 Å². The fourth-order valence-electron chi connectivity index (χ4n) is 2.16. The quantitative estimate of drug-likeness (QED) is 0.720. The van der Waals surface area contributed by atoms with Gasteiger partial charge in [-0.25, -0.2) is 4.39 Å². The molecule has 0 spiro atoms. The van der Waals surface area contributed by atoms with Gasteiger partial charge in [-0.15, -0.1) is 10.2 Å². The highest BCUT2D eigenvalue weighted by atomic mass is 32.1. The van der Waals surface area contributed by atoms with Crippen molar-refractivity contribution in [1.29, 1.82) is 0 Å². The molecular weight excluding hydrogens is 341 g/mol. The van der Waals surface area contributed by atoms with E-state index in [0.717, 1.165) is 10.6 Å². The summed E-state index contributed by atoms with van der Waals surface area (Å²) in [5, 5.41) is 11.9. The first-order chi connectivity index (χ1) is 12.2. The molecule has 0 bridgehead atoms. The molecule has 128 valence electrons. The van der Waals surface area contributed by atoms with E-state index in [2.05, 4.69) is 15.5 Å². The van der Waals surface area contributed by atoms with E-state index in [9.17, 15) is 9.18 Å². The van der Waals surface area contributed by atoms with Crippen molar-refractivity contribution in [2.75, 3.05) is 5.32 Å². The number of rotatable bonds is 6. The first-order valence-electron chi connectivity index (χ1n) is 7.77. The molecule has 3 aromatic rings. The van der Waals surface area contributed by atoms with Crippen molar-refractivity contribution in [2.45, 2.75) is 19.4 Å². The second-order valence-corrected chi connectivity index (χ2v) is 6.21. The van der Waals surface area contributed by atoms with Crippen LogP contribution in [0.25, 0.3) is 10.6 Å². The Hall–Kier alpha value is -2.80. The summed E-state index contributed by atoms with van der Waals surface area (Å²) in [4.78, 5) is 12.4. The minimum absolute atomic E-state index is 0.317.